The lowest BCUT2D eigenvalue weighted by Crippen LogP contribution is -2.26. The molecule has 1 aromatic heterocycles. The highest BCUT2D eigenvalue weighted by Crippen LogP contribution is 2.40. The van der Waals surface area contributed by atoms with Gasteiger partial charge in [0.1, 0.15) is 6.10 Å². The zero-order chi connectivity index (χ0) is 24.0. The highest BCUT2D eigenvalue weighted by atomic mass is 32.2. The maximum Gasteiger partial charge on any atom is 0.404 e. The number of benzene rings is 1. The van der Waals surface area contributed by atoms with Crippen LogP contribution in [0.1, 0.15) is 62.9 Å². The van der Waals surface area contributed by atoms with Gasteiger partial charge in [-0.15, -0.1) is 11.3 Å². The maximum absolute atomic E-state index is 13.0. The third kappa shape index (κ3) is 6.99. The monoisotopic (exact) mass is 495 g/mol. The van der Waals surface area contributed by atoms with Crippen LogP contribution in [0.3, 0.4) is 0 Å². The SMILES string of the molecule is CCNS(=O)(=O)c1cc(COCC(C)C)ccc1-c1cnc(C2CCC(OC(N)=O)CC2)s1. The molecule has 3 rings (SSSR count). The molecule has 0 aliphatic heterocycles. The fourth-order valence-corrected chi connectivity index (χ4v) is 6.46. The Balaban J connectivity index is 1.82. The minimum atomic E-state index is -3.67. The quantitative estimate of drug-likeness (QED) is 0.504. The number of amides is 1. The first-order valence-corrected chi connectivity index (χ1v) is 13.6. The van der Waals surface area contributed by atoms with E-state index in [2.05, 4.69) is 23.6 Å². The normalized spacial score (nSPS) is 19.0. The van der Waals surface area contributed by atoms with Crippen LogP contribution in [-0.4, -0.2) is 38.8 Å². The van der Waals surface area contributed by atoms with Crippen molar-refractivity contribution in [2.24, 2.45) is 11.7 Å². The first kappa shape index (κ1) is 25.6. The van der Waals surface area contributed by atoms with E-state index in [0.29, 0.717) is 31.2 Å². The third-order valence-corrected chi connectivity index (χ3v) is 8.26. The van der Waals surface area contributed by atoms with Gasteiger partial charge in [-0.2, -0.15) is 0 Å². The van der Waals surface area contributed by atoms with E-state index in [4.69, 9.17) is 15.2 Å². The summed E-state index contributed by atoms with van der Waals surface area (Å²) in [6, 6.07) is 5.44. The molecule has 33 heavy (non-hydrogen) atoms. The number of hydrogen-bond acceptors (Lipinski definition) is 7. The Kier molecular flexibility index (Phi) is 8.86. The van der Waals surface area contributed by atoms with Gasteiger partial charge in [-0.05, 0) is 43.2 Å². The van der Waals surface area contributed by atoms with Gasteiger partial charge in [0.2, 0.25) is 10.0 Å². The molecule has 1 saturated carbocycles. The predicted molar refractivity (Wildman–Crippen MR) is 129 cm³/mol. The van der Waals surface area contributed by atoms with Crippen molar-refractivity contribution in [1.29, 1.82) is 0 Å². The van der Waals surface area contributed by atoms with Crippen molar-refractivity contribution in [1.82, 2.24) is 9.71 Å². The minimum Gasteiger partial charge on any atom is -0.446 e. The number of nitrogens with one attached hydrogen (secondary N) is 1. The summed E-state index contributed by atoms with van der Waals surface area (Å²) in [7, 11) is -3.67. The Hall–Kier alpha value is -2.01. The number of hydrogen-bond donors (Lipinski definition) is 2. The van der Waals surface area contributed by atoms with Crippen LogP contribution in [0.2, 0.25) is 0 Å². The summed E-state index contributed by atoms with van der Waals surface area (Å²) in [5, 5.41) is 0.971. The van der Waals surface area contributed by atoms with E-state index >= 15 is 0 Å². The van der Waals surface area contributed by atoms with Gasteiger partial charge in [-0.3, -0.25) is 0 Å². The maximum atomic E-state index is 13.0. The second-order valence-corrected chi connectivity index (χ2v) is 11.5. The molecule has 0 unspecified atom stereocenters. The van der Waals surface area contributed by atoms with Gasteiger partial charge in [0.25, 0.3) is 0 Å². The third-order valence-electron chi connectivity index (χ3n) is 5.49. The molecule has 1 amide bonds. The number of ether oxygens (including phenoxy) is 2. The molecule has 1 fully saturated rings. The van der Waals surface area contributed by atoms with Crippen molar-refractivity contribution in [2.45, 2.75) is 70.0 Å². The van der Waals surface area contributed by atoms with Gasteiger partial charge in [0.05, 0.1) is 21.4 Å². The second-order valence-electron chi connectivity index (χ2n) is 8.71. The average molecular weight is 496 g/mol. The van der Waals surface area contributed by atoms with Crippen molar-refractivity contribution < 1.29 is 22.7 Å². The van der Waals surface area contributed by atoms with Gasteiger partial charge in [0, 0.05) is 30.8 Å². The Labute approximate surface area is 199 Å². The lowest BCUT2D eigenvalue weighted by Gasteiger charge is -2.26. The summed E-state index contributed by atoms with van der Waals surface area (Å²) in [6.07, 6.45) is 4.06. The number of aromatic nitrogens is 1. The first-order valence-electron chi connectivity index (χ1n) is 11.3. The predicted octanol–water partition coefficient (Wildman–Crippen LogP) is 4.40. The molecule has 3 N–H and O–H groups in total. The molecule has 182 valence electrons. The van der Waals surface area contributed by atoms with E-state index in [1.165, 1.54) is 11.3 Å². The van der Waals surface area contributed by atoms with Crippen LogP contribution < -0.4 is 10.5 Å². The second kappa shape index (κ2) is 11.4. The molecule has 0 bridgehead atoms. The number of carbonyl (C=O) groups is 1. The standard InChI is InChI=1S/C23H33N3O5S2/c1-4-26-33(28,29)21-11-16(14-30-13-15(2)3)5-10-19(21)20-12-25-22(32-20)17-6-8-18(9-7-17)31-23(24)27/h5,10-12,15,17-18,26H,4,6-9,13-14H2,1-3H3,(H2,24,27). The van der Waals surface area contributed by atoms with Gasteiger partial charge in [-0.1, -0.05) is 32.9 Å². The molecule has 1 aliphatic carbocycles. The number of sulfonamides is 1. The molecule has 0 saturated heterocycles. The highest BCUT2D eigenvalue weighted by molar-refractivity contribution is 7.89. The molecule has 1 aromatic carbocycles. The Morgan fingerprint density at radius 3 is 2.64 bits per heavy atom. The van der Waals surface area contributed by atoms with Gasteiger partial charge < -0.3 is 15.2 Å². The zero-order valence-corrected chi connectivity index (χ0v) is 21.0. The number of rotatable bonds is 10. The van der Waals surface area contributed by atoms with E-state index in [0.717, 1.165) is 41.1 Å². The van der Waals surface area contributed by atoms with Gasteiger partial charge in [-0.25, -0.2) is 22.9 Å². The number of primary amides is 1. The average Bonchev–Trinajstić information content (AvgIpc) is 3.23. The van der Waals surface area contributed by atoms with Crippen molar-refractivity contribution in [3.8, 4) is 10.4 Å². The molecule has 8 nitrogen and oxygen atoms in total. The summed E-state index contributed by atoms with van der Waals surface area (Å²) in [5.74, 6) is 0.663. The Morgan fingerprint density at radius 2 is 2.00 bits per heavy atom. The Morgan fingerprint density at radius 1 is 1.27 bits per heavy atom. The van der Waals surface area contributed by atoms with Crippen LogP contribution >= 0.6 is 11.3 Å². The summed E-state index contributed by atoms with van der Waals surface area (Å²) in [6.45, 7) is 7.18. The van der Waals surface area contributed by atoms with E-state index in [1.807, 2.05) is 12.1 Å². The number of carbonyl (C=O) groups excluding carboxylic acids is 1. The van der Waals surface area contributed by atoms with E-state index in [-0.39, 0.29) is 16.9 Å². The van der Waals surface area contributed by atoms with Crippen LogP contribution in [0.5, 0.6) is 0 Å². The molecule has 1 heterocycles. The van der Waals surface area contributed by atoms with Crippen LogP contribution in [0.4, 0.5) is 4.79 Å². The van der Waals surface area contributed by atoms with Crippen LogP contribution in [0.15, 0.2) is 29.3 Å². The van der Waals surface area contributed by atoms with Crippen LogP contribution in [-0.2, 0) is 26.1 Å². The lowest BCUT2D eigenvalue weighted by atomic mass is 9.88. The molecule has 0 atom stereocenters. The fourth-order valence-electron chi connectivity index (χ4n) is 3.96. The highest BCUT2D eigenvalue weighted by Gasteiger charge is 2.27. The largest absolute Gasteiger partial charge is 0.446 e. The molecule has 10 heteroatoms. The minimum absolute atomic E-state index is 0.138. The lowest BCUT2D eigenvalue weighted by molar-refractivity contribution is 0.0787. The van der Waals surface area contributed by atoms with Gasteiger partial charge in [0.15, 0.2) is 0 Å². The smallest absolute Gasteiger partial charge is 0.404 e. The molecule has 2 aromatic rings. The van der Waals surface area contributed by atoms with Crippen molar-refractivity contribution in [3.63, 3.8) is 0 Å². The Bertz CT molecular complexity index is 1040. The first-order chi connectivity index (χ1) is 15.7. The summed E-state index contributed by atoms with van der Waals surface area (Å²) in [4.78, 5) is 16.6. The van der Waals surface area contributed by atoms with E-state index < -0.39 is 16.1 Å². The molecule has 0 radical (unpaired) electrons. The molecular formula is C23H33N3O5S2. The number of nitrogens with zero attached hydrogens (tertiary/aromatic N) is 1. The summed E-state index contributed by atoms with van der Waals surface area (Å²) < 4.78 is 39.4. The van der Waals surface area contributed by atoms with Crippen LogP contribution in [0.25, 0.3) is 10.4 Å². The molecular weight excluding hydrogens is 462 g/mol. The number of nitrogens with two attached hydrogens (primary N) is 1. The fraction of sp³-hybridized carbons (Fsp3) is 0.565. The van der Waals surface area contributed by atoms with Crippen molar-refractivity contribution >= 4 is 27.5 Å². The van der Waals surface area contributed by atoms with E-state index in [9.17, 15) is 13.2 Å². The topological polar surface area (TPSA) is 121 Å². The number of thiazole rings is 1. The van der Waals surface area contributed by atoms with Crippen molar-refractivity contribution in [3.05, 3.63) is 35.0 Å². The van der Waals surface area contributed by atoms with Crippen molar-refractivity contribution in [2.75, 3.05) is 13.2 Å². The van der Waals surface area contributed by atoms with Crippen LogP contribution in [0, 0.1) is 5.92 Å². The van der Waals surface area contributed by atoms with E-state index in [1.54, 1.807) is 19.2 Å². The summed E-state index contributed by atoms with van der Waals surface area (Å²) in [5.41, 5.74) is 6.58. The zero-order valence-electron chi connectivity index (χ0n) is 19.4. The summed E-state index contributed by atoms with van der Waals surface area (Å²) >= 11 is 1.52. The van der Waals surface area contributed by atoms with Gasteiger partial charge >= 0.3 is 6.09 Å². The molecule has 0 spiro atoms. The molecule has 1 aliphatic rings.